The van der Waals surface area contributed by atoms with Gasteiger partial charge in [0.2, 0.25) is 0 Å². The fourth-order valence-corrected chi connectivity index (χ4v) is 1.80. The molecule has 3 heteroatoms. The van der Waals surface area contributed by atoms with Gasteiger partial charge in [-0.15, -0.1) is 0 Å². The van der Waals surface area contributed by atoms with Crippen molar-refractivity contribution in [3.05, 3.63) is 23.8 Å². The van der Waals surface area contributed by atoms with Crippen LogP contribution in [0.1, 0.15) is 31.2 Å². The lowest BCUT2D eigenvalue weighted by Crippen LogP contribution is -2.05. The van der Waals surface area contributed by atoms with Crippen LogP contribution in [0.3, 0.4) is 0 Å². The van der Waals surface area contributed by atoms with Gasteiger partial charge in [-0.2, -0.15) is 0 Å². The van der Waals surface area contributed by atoms with E-state index in [2.05, 4.69) is 12.1 Å². The van der Waals surface area contributed by atoms with Crippen molar-refractivity contribution in [3.8, 4) is 11.5 Å². The van der Waals surface area contributed by atoms with E-state index in [9.17, 15) is 0 Å². The van der Waals surface area contributed by atoms with Crippen LogP contribution < -0.4 is 15.2 Å². The highest BCUT2D eigenvalue weighted by Gasteiger charge is 2.28. The molecule has 0 bridgehead atoms. The van der Waals surface area contributed by atoms with E-state index in [1.165, 1.54) is 31.2 Å². The van der Waals surface area contributed by atoms with Gasteiger partial charge in [-0.1, -0.05) is 6.07 Å². The summed E-state index contributed by atoms with van der Waals surface area (Å²) < 4.78 is 11.8. The maximum atomic E-state index is 5.91. The molecule has 0 unspecified atom stereocenters. The maximum Gasteiger partial charge on any atom is 0.161 e. The lowest BCUT2D eigenvalue weighted by atomic mass is 10.1. The second-order valence-electron chi connectivity index (χ2n) is 4.95. The summed E-state index contributed by atoms with van der Waals surface area (Å²) in [5.41, 5.74) is 6.81. The Morgan fingerprint density at radius 3 is 2.24 bits per heavy atom. The summed E-state index contributed by atoms with van der Waals surface area (Å²) in [7, 11) is 0. The molecule has 2 aliphatic rings. The van der Waals surface area contributed by atoms with Gasteiger partial charge in [0.1, 0.15) is 0 Å². The minimum Gasteiger partial charge on any atom is -0.487 e. The minimum atomic E-state index is 0.407. The fourth-order valence-electron chi connectivity index (χ4n) is 1.80. The van der Waals surface area contributed by atoms with Gasteiger partial charge in [-0.05, 0) is 56.3 Å². The summed E-state index contributed by atoms with van der Waals surface area (Å²) in [6, 6.07) is 6.20. The maximum absolute atomic E-state index is 5.91. The molecule has 1 aromatic rings. The second-order valence-corrected chi connectivity index (χ2v) is 4.95. The molecule has 0 spiro atoms. The zero-order valence-electron chi connectivity index (χ0n) is 10.0. The number of hydrogen-bond donors (Lipinski definition) is 1. The van der Waals surface area contributed by atoms with Crippen molar-refractivity contribution in [3.63, 3.8) is 0 Å². The molecule has 0 saturated heterocycles. The molecule has 92 valence electrons. The smallest absolute Gasteiger partial charge is 0.161 e. The Kier molecular flexibility index (Phi) is 2.93. The molecule has 2 fully saturated rings. The molecule has 0 heterocycles. The molecule has 1 aromatic carbocycles. The molecule has 0 radical (unpaired) electrons. The van der Waals surface area contributed by atoms with Crippen molar-refractivity contribution >= 4 is 0 Å². The lowest BCUT2D eigenvalue weighted by molar-refractivity contribution is 0.253. The third-order valence-electron chi connectivity index (χ3n) is 3.08. The monoisotopic (exact) mass is 233 g/mol. The fraction of sp³-hybridized carbons (Fsp3) is 0.571. The van der Waals surface area contributed by atoms with Crippen molar-refractivity contribution in [2.75, 3.05) is 6.54 Å². The van der Waals surface area contributed by atoms with Crippen LogP contribution in [0.25, 0.3) is 0 Å². The Labute approximate surface area is 102 Å². The van der Waals surface area contributed by atoms with E-state index >= 15 is 0 Å². The first-order chi connectivity index (χ1) is 8.35. The predicted octanol–water partition coefficient (Wildman–Crippen LogP) is 2.27. The lowest BCUT2D eigenvalue weighted by Gasteiger charge is -2.13. The van der Waals surface area contributed by atoms with Gasteiger partial charge in [-0.3, -0.25) is 0 Å². The van der Waals surface area contributed by atoms with Crippen LogP contribution in [0, 0.1) is 0 Å². The molecule has 0 aromatic heterocycles. The average molecular weight is 233 g/mol. The van der Waals surface area contributed by atoms with E-state index < -0.39 is 0 Å². The molecule has 3 nitrogen and oxygen atoms in total. The van der Waals surface area contributed by atoms with Gasteiger partial charge in [0, 0.05) is 0 Å². The van der Waals surface area contributed by atoms with E-state index in [-0.39, 0.29) is 0 Å². The van der Waals surface area contributed by atoms with Gasteiger partial charge in [0.25, 0.3) is 0 Å². The molecule has 17 heavy (non-hydrogen) atoms. The van der Waals surface area contributed by atoms with Crippen LogP contribution in [0.5, 0.6) is 11.5 Å². The van der Waals surface area contributed by atoms with E-state index in [0.717, 1.165) is 17.9 Å². The van der Waals surface area contributed by atoms with Crippen molar-refractivity contribution in [2.45, 2.75) is 44.3 Å². The summed E-state index contributed by atoms with van der Waals surface area (Å²) in [6.45, 7) is 0.672. The van der Waals surface area contributed by atoms with Crippen molar-refractivity contribution in [2.24, 2.45) is 5.73 Å². The van der Waals surface area contributed by atoms with Crippen LogP contribution in [0.15, 0.2) is 18.2 Å². The molecule has 2 saturated carbocycles. The molecule has 0 amide bonds. The van der Waals surface area contributed by atoms with Crippen LogP contribution in [-0.2, 0) is 6.42 Å². The standard InChI is InChI=1S/C14H19NO2/c15-8-7-10-1-6-13(16-11-2-3-11)14(9-10)17-12-4-5-12/h1,6,9,11-12H,2-5,7-8,15H2. The molecule has 0 atom stereocenters. The Morgan fingerprint density at radius 1 is 1.00 bits per heavy atom. The number of rotatable bonds is 6. The zero-order valence-corrected chi connectivity index (χ0v) is 10.0. The van der Waals surface area contributed by atoms with Crippen molar-refractivity contribution in [1.29, 1.82) is 0 Å². The third-order valence-corrected chi connectivity index (χ3v) is 3.08. The number of benzene rings is 1. The van der Waals surface area contributed by atoms with Crippen molar-refractivity contribution in [1.82, 2.24) is 0 Å². The topological polar surface area (TPSA) is 44.5 Å². The molecule has 3 rings (SSSR count). The molecule has 0 aliphatic heterocycles. The summed E-state index contributed by atoms with van der Waals surface area (Å²) in [6.07, 6.45) is 6.40. The third kappa shape index (κ3) is 2.91. The molecule has 2 aliphatic carbocycles. The summed E-state index contributed by atoms with van der Waals surface area (Å²) in [4.78, 5) is 0. The largest absolute Gasteiger partial charge is 0.487 e. The van der Waals surface area contributed by atoms with Crippen LogP contribution in [0.2, 0.25) is 0 Å². The van der Waals surface area contributed by atoms with E-state index in [1.54, 1.807) is 0 Å². The van der Waals surface area contributed by atoms with Gasteiger partial charge in [0.05, 0.1) is 12.2 Å². The number of ether oxygens (including phenoxy) is 2. The quantitative estimate of drug-likeness (QED) is 0.819. The Hall–Kier alpha value is -1.22. The van der Waals surface area contributed by atoms with Crippen LogP contribution in [-0.4, -0.2) is 18.8 Å². The Bertz CT molecular complexity index is 397. The SMILES string of the molecule is NCCc1ccc(OC2CC2)c(OC2CC2)c1. The average Bonchev–Trinajstić information content (AvgIpc) is 3.17. The summed E-state index contributed by atoms with van der Waals surface area (Å²) in [5, 5.41) is 0. The number of hydrogen-bond acceptors (Lipinski definition) is 3. The molecular formula is C14H19NO2. The molecule has 2 N–H and O–H groups in total. The summed E-state index contributed by atoms with van der Waals surface area (Å²) >= 11 is 0. The van der Waals surface area contributed by atoms with Crippen molar-refractivity contribution < 1.29 is 9.47 Å². The first-order valence-corrected chi connectivity index (χ1v) is 6.51. The van der Waals surface area contributed by atoms with Crippen LogP contribution in [0.4, 0.5) is 0 Å². The first kappa shape index (κ1) is 10.9. The van der Waals surface area contributed by atoms with E-state index in [1.807, 2.05) is 6.07 Å². The van der Waals surface area contributed by atoms with Crippen LogP contribution >= 0.6 is 0 Å². The highest BCUT2D eigenvalue weighted by molar-refractivity contribution is 5.43. The zero-order chi connectivity index (χ0) is 11.7. The second kappa shape index (κ2) is 4.57. The number of nitrogens with two attached hydrogens (primary N) is 1. The van der Waals surface area contributed by atoms with Gasteiger partial charge in [-0.25, -0.2) is 0 Å². The Morgan fingerprint density at radius 2 is 1.65 bits per heavy atom. The summed E-state index contributed by atoms with van der Waals surface area (Å²) in [5.74, 6) is 1.81. The van der Waals surface area contributed by atoms with Gasteiger partial charge < -0.3 is 15.2 Å². The highest BCUT2D eigenvalue weighted by Crippen LogP contribution is 2.37. The van der Waals surface area contributed by atoms with E-state index in [0.29, 0.717) is 18.8 Å². The predicted molar refractivity (Wildman–Crippen MR) is 66.5 cm³/mol. The minimum absolute atomic E-state index is 0.407. The Balaban J connectivity index is 1.78. The normalized spacial score (nSPS) is 19.1. The molecular weight excluding hydrogens is 214 g/mol. The first-order valence-electron chi connectivity index (χ1n) is 6.51. The van der Waals surface area contributed by atoms with E-state index in [4.69, 9.17) is 15.2 Å². The van der Waals surface area contributed by atoms with Gasteiger partial charge in [0.15, 0.2) is 11.5 Å². The highest BCUT2D eigenvalue weighted by atomic mass is 16.5. The van der Waals surface area contributed by atoms with Gasteiger partial charge >= 0.3 is 0 Å².